The van der Waals surface area contributed by atoms with Crippen molar-refractivity contribution in [3.8, 4) is 0 Å². The molecule has 0 saturated carbocycles. The normalized spacial score (nSPS) is 19.3. The van der Waals surface area contributed by atoms with E-state index in [2.05, 4.69) is 33.9 Å². The molecule has 1 fully saturated rings. The summed E-state index contributed by atoms with van der Waals surface area (Å²) in [5, 5.41) is 0. The Morgan fingerprint density at radius 2 is 2.00 bits per heavy atom. The van der Waals surface area contributed by atoms with Crippen LogP contribution in [0, 0.1) is 0 Å². The van der Waals surface area contributed by atoms with E-state index in [1.807, 2.05) is 12.1 Å². The predicted molar refractivity (Wildman–Crippen MR) is 65.3 cm³/mol. The summed E-state index contributed by atoms with van der Waals surface area (Å²) in [6, 6.07) is 8.64. The number of hydrogen-bond acceptors (Lipinski definition) is 2. The number of H-pyrrole nitrogens is 1. The summed E-state index contributed by atoms with van der Waals surface area (Å²) in [5.41, 5.74) is 2.21. The van der Waals surface area contributed by atoms with Crippen LogP contribution in [0.4, 0.5) is 0 Å². The number of para-hydroxylation sites is 2. The summed E-state index contributed by atoms with van der Waals surface area (Å²) in [4.78, 5) is 10.6. The molecule has 3 nitrogen and oxygen atoms in total. The van der Waals surface area contributed by atoms with Crippen LogP contribution >= 0.6 is 0 Å². The van der Waals surface area contributed by atoms with Gasteiger partial charge in [-0.25, -0.2) is 4.98 Å². The van der Waals surface area contributed by atoms with Gasteiger partial charge in [0.1, 0.15) is 5.82 Å². The summed E-state index contributed by atoms with van der Waals surface area (Å²) in [7, 11) is 0. The van der Waals surface area contributed by atoms with Gasteiger partial charge in [-0.15, -0.1) is 0 Å². The van der Waals surface area contributed by atoms with E-state index in [1.54, 1.807) is 0 Å². The third kappa shape index (κ3) is 1.61. The number of fused-ring (bicyclic) bond motifs is 1. The highest BCUT2D eigenvalue weighted by molar-refractivity contribution is 5.74. The van der Waals surface area contributed by atoms with Crippen molar-refractivity contribution in [2.75, 3.05) is 13.1 Å². The Balaban J connectivity index is 1.92. The van der Waals surface area contributed by atoms with Crippen molar-refractivity contribution in [2.24, 2.45) is 0 Å². The fourth-order valence-corrected chi connectivity index (χ4v) is 2.47. The summed E-state index contributed by atoms with van der Waals surface area (Å²) in [5.74, 6) is 1.10. The van der Waals surface area contributed by atoms with E-state index in [-0.39, 0.29) is 0 Å². The maximum atomic E-state index is 4.66. The van der Waals surface area contributed by atoms with Crippen molar-refractivity contribution in [1.29, 1.82) is 0 Å². The average Bonchev–Trinajstić information content (AvgIpc) is 2.97. The number of rotatable bonds is 2. The van der Waals surface area contributed by atoms with Crippen LogP contribution in [0.25, 0.3) is 11.0 Å². The SMILES string of the molecule is CC(c1nc2ccccc2[nH]1)N1CCCC1. The molecule has 1 N–H and O–H groups in total. The molecule has 2 heterocycles. The Morgan fingerprint density at radius 3 is 2.75 bits per heavy atom. The minimum atomic E-state index is 0.412. The van der Waals surface area contributed by atoms with E-state index >= 15 is 0 Å². The van der Waals surface area contributed by atoms with Gasteiger partial charge in [-0.1, -0.05) is 12.1 Å². The molecule has 1 aromatic carbocycles. The molecule has 1 aliphatic rings. The molecule has 1 aromatic heterocycles. The zero-order valence-corrected chi connectivity index (χ0v) is 9.61. The number of aromatic amines is 1. The van der Waals surface area contributed by atoms with E-state index in [9.17, 15) is 0 Å². The fraction of sp³-hybridized carbons (Fsp3) is 0.462. The first kappa shape index (κ1) is 9.85. The second-order valence-electron chi connectivity index (χ2n) is 4.56. The molecule has 3 heteroatoms. The minimum Gasteiger partial charge on any atom is -0.341 e. The highest BCUT2D eigenvalue weighted by Gasteiger charge is 2.21. The maximum Gasteiger partial charge on any atom is 0.124 e. The molecule has 0 amide bonds. The van der Waals surface area contributed by atoms with Crippen molar-refractivity contribution >= 4 is 11.0 Å². The number of nitrogens with zero attached hydrogens (tertiary/aromatic N) is 2. The summed E-state index contributed by atoms with van der Waals surface area (Å²) >= 11 is 0. The molecular weight excluding hydrogens is 198 g/mol. The molecule has 1 aliphatic heterocycles. The topological polar surface area (TPSA) is 31.9 Å². The molecule has 84 valence electrons. The van der Waals surface area contributed by atoms with E-state index in [1.165, 1.54) is 25.9 Å². The zero-order chi connectivity index (χ0) is 11.0. The van der Waals surface area contributed by atoms with Crippen molar-refractivity contribution < 1.29 is 0 Å². The first-order valence-corrected chi connectivity index (χ1v) is 6.03. The van der Waals surface area contributed by atoms with E-state index in [0.29, 0.717) is 6.04 Å². The highest BCUT2D eigenvalue weighted by atomic mass is 15.2. The second kappa shape index (κ2) is 3.91. The number of aromatic nitrogens is 2. The third-order valence-corrected chi connectivity index (χ3v) is 3.49. The summed E-state index contributed by atoms with van der Waals surface area (Å²) < 4.78 is 0. The highest BCUT2D eigenvalue weighted by Crippen LogP contribution is 2.24. The van der Waals surface area contributed by atoms with Crippen LogP contribution in [0.1, 0.15) is 31.6 Å². The molecule has 1 atom stereocenters. The number of hydrogen-bond donors (Lipinski definition) is 1. The van der Waals surface area contributed by atoms with E-state index < -0.39 is 0 Å². The van der Waals surface area contributed by atoms with Crippen LogP contribution in [0.5, 0.6) is 0 Å². The number of benzene rings is 1. The Hall–Kier alpha value is -1.35. The smallest absolute Gasteiger partial charge is 0.124 e. The lowest BCUT2D eigenvalue weighted by molar-refractivity contribution is 0.255. The van der Waals surface area contributed by atoms with Crippen LogP contribution in [-0.4, -0.2) is 28.0 Å². The quantitative estimate of drug-likeness (QED) is 0.835. The molecular formula is C13H17N3. The molecule has 0 bridgehead atoms. The van der Waals surface area contributed by atoms with Crippen molar-refractivity contribution in [1.82, 2.24) is 14.9 Å². The van der Waals surface area contributed by atoms with Gasteiger partial charge in [-0.2, -0.15) is 0 Å². The van der Waals surface area contributed by atoms with E-state index in [4.69, 9.17) is 0 Å². The predicted octanol–water partition coefficient (Wildman–Crippen LogP) is 2.72. The van der Waals surface area contributed by atoms with Crippen LogP contribution in [0.3, 0.4) is 0 Å². The monoisotopic (exact) mass is 215 g/mol. The van der Waals surface area contributed by atoms with Gasteiger partial charge in [0.05, 0.1) is 17.1 Å². The van der Waals surface area contributed by atoms with Crippen molar-refractivity contribution in [3.05, 3.63) is 30.1 Å². The number of imidazole rings is 1. The molecule has 3 rings (SSSR count). The van der Waals surface area contributed by atoms with Gasteiger partial charge < -0.3 is 4.98 Å². The minimum absolute atomic E-state index is 0.412. The van der Waals surface area contributed by atoms with Crippen LogP contribution < -0.4 is 0 Å². The van der Waals surface area contributed by atoms with Crippen LogP contribution in [-0.2, 0) is 0 Å². The Morgan fingerprint density at radius 1 is 1.25 bits per heavy atom. The molecule has 0 spiro atoms. The second-order valence-corrected chi connectivity index (χ2v) is 4.56. The molecule has 1 saturated heterocycles. The van der Waals surface area contributed by atoms with Crippen LogP contribution in [0.15, 0.2) is 24.3 Å². The van der Waals surface area contributed by atoms with Gasteiger partial charge in [-0.05, 0) is 45.0 Å². The Labute approximate surface area is 95.5 Å². The molecule has 0 aliphatic carbocycles. The summed E-state index contributed by atoms with van der Waals surface area (Å²) in [6.45, 7) is 4.65. The Kier molecular flexibility index (Phi) is 2.40. The number of nitrogens with one attached hydrogen (secondary N) is 1. The van der Waals surface area contributed by atoms with Gasteiger partial charge in [0.15, 0.2) is 0 Å². The maximum absolute atomic E-state index is 4.66. The summed E-state index contributed by atoms with van der Waals surface area (Å²) in [6.07, 6.45) is 2.65. The van der Waals surface area contributed by atoms with Crippen molar-refractivity contribution in [3.63, 3.8) is 0 Å². The largest absolute Gasteiger partial charge is 0.341 e. The fourth-order valence-electron chi connectivity index (χ4n) is 2.47. The van der Waals surface area contributed by atoms with Gasteiger partial charge in [0.25, 0.3) is 0 Å². The number of likely N-dealkylation sites (tertiary alicyclic amines) is 1. The molecule has 2 aromatic rings. The first-order valence-electron chi connectivity index (χ1n) is 6.03. The van der Waals surface area contributed by atoms with Gasteiger partial charge >= 0.3 is 0 Å². The van der Waals surface area contributed by atoms with Crippen molar-refractivity contribution in [2.45, 2.75) is 25.8 Å². The third-order valence-electron chi connectivity index (χ3n) is 3.49. The average molecular weight is 215 g/mol. The molecule has 0 radical (unpaired) electrons. The lowest BCUT2D eigenvalue weighted by Crippen LogP contribution is -2.24. The van der Waals surface area contributed by atoms with E-state index in [0.717, 1.165) is 16.9 Å². The molecule has 1 unspecified atom stereocenters. The first-order chi connectivity index (χ1) is 7.84. The van der Waals surface area contributed by atoms with Crippen LogP contribution in [0.2, 0.25) is 0 Å². The zero-order valence-electron chi connectivity index (χ0n) is 9.61. The molecule has 16 heavy (non-hydrogen) atoms. The van der Waals surface area contributed by atoms with Gasteiger partial charge in [0.2, 0.25) is 0 Å². The Bertz CT molecular complexity index is 450. The lowest BCUT2D eigenvalue weighted by Gasteiger charge is -2.21. The lowest BCUT2D eigenvalue weighted by atomic mass is 10.3. The van der Waals surface area contributed by atoms with Gasteiger partial charge in [0, 0.05) is 0 Å². The standard InChI is InChI=1S/C13H17N3/c1-10(16-8-4-5-9-16)13-14-11-6-2-3-7-12(11)15-13/h2-3,6-7,10H,4-5,8-9H2,1H3,(H,14,15). The van der Waals surface area contributed by atoms with Gasteiger partial charge in [-0.3, -0.25) is 4.90 Å².